The Morgan fingerprint density at radius 3 is 2.74 bits per heavy atom. The molecule has 0 aromatic carbocycles. The highest BCUT2D eigenvalue weighted by Gasteiger charge is 2.47. The van der Waals surface area contributed by atoms with E-state index in [-0.39, 0.29) is 17.6 Å². The molecule has 0 spiro atoms. The summed E-state index contributed by atoms with van der Waals surface area (Å²) in [6.07, 6.45) is 11.3. The van der Waals surface area contributed by atoms with Crippen molar-refractivity contribution >= 4 is 5.91 Å². The lowest BCUT2D eigenvalue weighted by Crippen LogP contribution is -2.35. The van der Waals surface area contributed by atoms with E-state index in [1.165, 1.54) is 24.0 Å². The van der Waals surface area contributed by atoms with E-state index in [2.05, 4.69) is 15.2 Å². The van der Waals surface area contributed by atoms with Crippen LogP contribution in [0.15, 0.2) is 17.2 Å². The zero-order valence-electron chi connectivity index (χ0n) is 15.6. The Kier molecular flexibility index (Phi) is 3.91. The second-order valence-electron chi connectivity index (χ2n) is 8.21. The normalized spacial score (nSPS) is 24.9. The predicted octanol–water partition coefficient (Wildman–Crippen LogP) is 2.00. The number of hydrogen-bond donors (Lipinski definition) is 1. The van der Waals surface area contributed by atoms with Gasteiger partial charge in [-0.3, -0.25) is 14.3 Å². The van der Waals surface area contributed by atoms with E-state index in [9.17, 15) is 9.59 Å². The Bertz CT molecular complexity index is 942. The number of H-pyrrole nitrogens is 1. The molecule has 1 saturated carbocycles. The molecule has 1 N–H and O–H groups in total. The molecule has 2 aliphatic carbocycles. The molecule has 2 aromatic heterocycles. The lowest BCUT2D eigenvalue weighted by molar-refractivity contribution is 0.0699. The Labute approximate surface area is 157 Å². The minimum Gasteiger partial charge on any atom is -0.328 e. The quantitative estimate of drug-likeness (QED) is 0.899. The number of nitrogens with one attached hydrogen (secondary N) is 1. The van der Waals surface area contributed by atoms with Gasteiger partial charge in [0.1, 0.15) is 0 Å². The minimum atomic E-state index is -0.224. The van der Waals surface area contributed by atoms with Crippen molar-refractivity contribution < 1.29 is 4.79 Å². The number of aromatic nitrogens is 4. The van der Waals surface area contributed by atoms with Gasteiger partial charge >= 0.3 is 5.69 Å². The zero-order chi connectivity index (χ0) is 18.5. The van der Waals surface area contributed by atoms with Gasteiger partial charge in [0.25, 0.3) is 5.91 Å². The van der Waals surface area contributed by atoms with Crippen LogP contribution in [-0.2, 0) is 19.9 Å². The molecule has 5 rings (SSSR count). The Morgan fingerprint density at radius 1 is 1.19 bits per heavy atom. The summed E-state index contributed by atoms with van der Waals surface area (Å²) < 4.78 is 1.56. The van der Waals surface area contributed by atoms with Gasteiger partial charge in [-0.1, -0.05) is 0 Å². The van der Waals surface area contributed by atoms with Gasteiger partial charge in [0.05, 0.1) is 11.6 Å². The highest BCUT2D eigenvalue weighted by Crippen LogP contribution is 2.50. The van der Waals surface area contributed by atoms with E-state index >= 15 is 0 Å². The summed E-state index contributed by atoms with van der Waals surface area (Å²) in [5, 5.41) is 6.84. The Balaban J connectivity index is 1.54. The Hall–Kier alpha value is -2.44. The standard InChI is InChI=1S/C20H25N5O2/c1-24-18(22-23-20(24)27)17-15(12-6-7-12)8-9-25(17)19(26)16-11-21-10-13-4-2-3-5-14(13)16/h10-12,15,17H,2-9H2,1H3,(H,23,27). The summed E-state index contributed by atoms with van der Waals surface area (Å²) in [4.78, 5) is 31.8. The van der Waals surface area contributed by atoms with Crippen molar-refractivity contribution in [2.45, 2.75) is 51.0 Å². The van der Waals surface area contributed by atoms with Gasteiger partial charge in [-0.05, 0) is 67.9 Å². The van der Waals surface area contributed by atoms with E-state index in [0.29, 0.717) is 17.7 Å². The van der Waals surface area contributed by atoms with E-state index in [4.69, 9.17) is 0 Å². The third-order valence-corrected chi connectivity index (χ3v) is 6.61. The number of nitrogens with zero attached hydrogens (tertiary/aromatic N) is 4. The fraction of sp³-hybridized carbons (Fsp3) is 0.600. The van der Waals surface area contributed by atoms with Gasteiger partial charge in [0, 0.05) is 26.0 Å². The van der Waals surface area contributed by atoms with Gasteiger partial charge in [0.2, 0.25) is 0 Å². The van der Waals surface area contributed by atoms with Crippen LogP contribution < -0.4 is 5.69 Å². The number of pyridine rings is 1. The van der Waals surface area contributed by atoms with Gasteiger partial charge in [0.15, 0.2) is 5.82 Å². The second-order valence-corrected chi connectivity index (χ2v) is 8.21. The van der Waals surface area contributed by atoms with Crippen molar-refractivity contribution in [3.8, 4) is 0 Å². The van der Waals surface area contributed by atoms with E-state index in [0.717, 1.165) is 44.2 Å². The lowest BCUT2D eigenvalue weighted by atomic mass is 9.89. The fourth-order valence-electron chi connectivity index (χ4n) is 5.01. The third-order valence-electron chi connectivity index (χ3n) is 6.61. The van der Waals surface area contributed by atoms with Crippen LogP contribution in [0.5, 0.6) is 0 Å². The highest BCUT2D eigenvalue weighted by molar-refractivity contribution is 5.96. The molecule has 1 aliphatic heterocycles. The molecular weight excluding hydrogens is 342 g/mol. The molecule has 0 bridgehead atoms. The minimum absolute atomic E-state index is 0.0462. The number of amides is 1. The predicted molar refractivity (Wildman–Crippen MR) is 99.3 cm³/mol. The molecular formula is C20H25N5O2. The first-order valence-corrected chi connectivity index (χ1v) is 10.0. The number of hydrogen-bond acceptors (Lipinski definition) is 4. The van der Waals surface area contributed by atoms with Crippen LogP contribution in [-0.4, -0.2) is 37.1 Å². The maximum atomic E-state index is 13.6. The number of aromatic amines is 1. The fourth-order valence-corrected chi connectivity index (χ4v) is 5.01. The topological polar surface area (TPSA) is 83.9 Å². The monoisotopic (exact) mass is 367 g/mol. The molecule has 2 unspecified atom stereocenters. The first kappa shape index (κ1) is 16.7. The van der Waals surface area contributed by atoms with Crippen LogP contribution in [0.1, 0.15) is 65.5 Å². The van der Waals surface area contributed by atoms with Gasteiger partial charge in [-0.2, -0.15) is 5.10 Å². The number of fused-ring (bicyclic) bond motifs is 1. The molecule has 2 fully saturated rings. The number of carbonyl (C=O) groups excluding carboxylic acids is 1. The van der Waals surface area contributed by atoms with Crippen LogP contribution >= 0.6 is 0 Å². The molecule has 7 nitrogen and oxygen atoms in total. The molecule has 2 atom stereocenters. The highest BCUT2D eigenvalue weighted by atomic mass is 16.2. The number of likely N-dealkylation sites (tertiary alicyclic amines) is 1. The Morgan fingerprint density at radius 2 is 2.00 bits per heavy atom. The molecule has 1 saturated heterocycles. The first-order chi connectivity index (χ1) is 13.1. The van der Waals surface area contributed by atoms with Crippen molar-refractivity contribution in [3.05, 3.63) is 45.4 Å². The number of aryl methyl sites for hydroxylation is 1. The van der Waals surface area contributed by atoms with Gasteiger partial charge < -0.3 is 4.90 Å². The van der Waals surface area contributed by atoms with E-state index in [1.807, 2.05) is 11.1 Å². The average Bonchev–Trinajstić information content (AvgIpc) is 3.37. The van der Waals surface area contributed by atoms with Crippen LogP contribution in [0.2, 0.25) is 0 Å². The number of carbonyl (C=O) groups is 1. The smallest absolute Gasteiger partial charge is 0.328 e. The molecule has 0 radical (unpaired) electrons. The van der Waals surface area contributed by atoms with Crippen LogP contribution in [0.4, 0.5) is 0 Å². The van der Waals surface area contributed by atoms with Gasteiger partial charge in [-0.15, -0.1) is 0 Å². The molecule has 27 heavy (non-hydrogen) atoms. The molecule has 3 aliphatic rings. The van der Waals surface area contributed by atoms with Crippen molar-refractivity contribution in [1.29, 1.82) is 0 Å². The zero-order valence-corrected chi connectivity index (χ0v) is 15.6. The van der Waals surface area contributed by atoms with E-state index in [1.54, 1.807) is 17.8 Å². The molecule has 1 amide bonds. The molecule has 2 aromatic rings. The van der Waals surface area contributed by atoms with Crippen molar-refractivity contribution in [2.24, 2.45) is 18.9 Å². The third kappa shape index (κ3) is 2.71. The summed E-state index contributed by atoms with van der Waals surface area (Å²) in [6.45, 7) is 0.718. The molecule has 3 heterocycles. The number of rotatable bonds is 3. The van der Waals surface area contributed by atoms with Crippen LogP contribution in [0, 0.1) is 11.8 Å². The second kappa shape index (κ2) is 6.32. The van der Waals surface area contributed by atoms with Crippen molar-refractivity contribution in [3.63, 3.8) is 0 Å². The maximum absolute atomic E-state index is 13.6. The summed E-state index contributed by atoms with van der Waals surface area (Å²) in [5.74, 6) is 1.75. The summed E-state index contributed by atoms with van der Waals surface area (Å²) in [5.41, 5.74) is 2.91. The molecule has 7 heteroatoms. The van der Waals surface area contributed by atoms with Gasteiger partial charge in [-0.25, -0.2) is 9.89 Å². The lowest BCUT2D eigenvalue weighted by Gasteiger charge is -2.29. The van der Waals surface area contributed by atoms with E-state index < -0.39 is 0 Å². The van der Waals surface area contributed by atoms with Crippen LogP contribution in [0.25, 0.3) is 0 Å². The maximum Gasteiger partial charge on any atom is 0.343 e. The largest absolute Gasteiger partial charge is 0.343 e. The average molecular weight is 367 g/mol. The van der Waals surface area contributed by atoms with Crippen molar-refractivity contribution in [1.82, 2.24) is 24.6 Å². The van der Waals surface area contributed by atoms with Crippen LogP contribution in [0.3, 0.4) is 0 Å². The summed E-state index contributed by atoms with van der Waals surface area (Å²) in [6, 6.07) is -0.131. The first-order valence-electron chi connectivity index (χ1n) is 10.0. The summed E-state index contributed by atoms with van der Waals surface area (Å²) in [7, 11) is 1.73. The van der Waals surface area contributed by atoms with Crippen molar-refractivity contribution in [2.75, 3.05) is 6.54 Å². The summed E-state index contributed by atoms with van der Waals surface area (Å²) >= 11 is 0. The SMILES string of the molecule is Cn1c(C2C(C3CC3)CCN2C(=O)c2cncc3c2CCCC3)n[nH]c1=O. The molecule has 142 valence electrons.